The van der Waals surface area contributed by atoms with E-state index in [4.69, 9.17) is 18.9 Å². The molecule has 0 spiro atoms. The number of para-hydroxylation sites is 1. The highest BCUT2D eigenvalue weighted by Gasteiger charge is 2.20. The molecule has 0 aromatic heterocycles. The number of fused-ring (bicyclic) bond motifs is 1. The van der Waals surface area contributed by atoms with Gasteiger partial charge in [0.25, 0.3) is 5.91 Å². The Morgan fingerprint density at radius 1 is 1.12 bits per heavy atom. The van der Waals surface area contributed by atoms with Gasteiger partial charge in [-0.05, 0) is 42.3 Å². The Morgan fingerprint density at radius 2 is 1.96 bits per heavy atom. The zero-order valence-electron chi connectivity index (χ0n) is 14.3. The van der Waals surface area contributed by atoms with Gasteiger partial charge in [0.2, 0.25) is 0 Å². The first-order chi connectivity index (χ1) is 12.2. The maximum absolute atomic E-state index is 12.5. The summed E-state index contributed by atoms with van der Waals surface area (Å²) in [6, 6.07) is 10.9. The zero-order chi connectivity index (χ0) is 17.6. The van der Waals surface area contributed by atoms with Crippen LogP contribution in [0, 0.1) is 0 Å². The minimum Gasteiger partial charge on any atom is -0.497 e. The number of carbonyl (C=O) groups excluding carboxylic acids is 1. The van der Waals surface area contributed by atoms with Gasteiger partial charge in [0.05, 0.1) is 19.8 Å². The van der Waals surface area contributed by atoms with Crippen LogP contribution in [0.4, 0.5) is 0 Å². The molecule has 1 amide bonds. The number of nitrogens with one attached hydrogen (secondary N) is 1. The molecule has 6 heteroatoms. The normalized spacial score (nSPS) is 12.4. The van der Waals surface area contributed by atoms with Crippen molar-refractivity contribution < 1.29 is 23.7 Å². The van der Waals surface area contributed by atoms with Crippen molar-refractivity contribution in [1.82, 2.24) is 5.32 Å². The van der Waals surface area contributed by atoms with Crippen molar-refractivity contribution in [2.45, 2.75) is 6.42 Å². The number of carbonyl (C=O) groups is 1. The monoisotopic (exact) mass is 343 g/mol. The average molecular weight is 343 g/mol. The Bertz CT molecular complexity index is 759. The van der Waals surface area contributed by atoms with Crippen LogP contribution in [0.1, 0.15) is 15.9 Å². The summed E-state index contributed by atoms with van der Waals surface area (Å²) in [5.41, 5.74) is 1.45. The Balaban J connectivity index is 1.66. The third-order valence-corrected chi connectivity index (χ3v) is 3.98. The van der Waals surface area contributed by atoms with Crippen molar-refractivity contribution in [1.29, 1.82) is 0 Å². The molecule has 0 saturated heterocycles. The Labute approximate surface area is 146 Å². The first-order valence-electron chi connectivity index (χ1n) is 8.10. The lowest BCUT2D eigenvalue weighted by Crippen LogP contribution is -2.27. The molecule has 0 aliphatic carbocycles. The number of amides is 1. The van der Waals surface area contributed by atoms with E-state index in [1.165, 1.54) is 0 Å². The van der Waals surface area contributed by atoms with Crippen LogP contribution in [0.15, 0.2) is 36.4 Å². The summed E-state index contributed by atoms with van der Waals surface area (Å²) < 4.78 is 21.7. The van der Waals surface area contributed by atoms with E-state index < -0.39 is 0 Å². The van der Waals surface area contributed by atoms with Crippen LogP contribution in [0.2, 0.25) is 0 Å². The molecule has 1 N–H and O–H groups in total. The molecule has 0 fully saturated rings. The van der Waals surface area contributed by atoms with Gasteiger partial charge >= 0.3 is 0 Å². The summed E-state index contributed by atoms with van der Waals surface area (Å²) in [4.78, 5) is 12.5. The molecule has 2 aromatic carbocycles. The van der Waals surface area contributed by atoms with Crippen molar-refractivity contribution in [3.63, 3.8) is 0 Å². The number of methoxy groups -OCH3 is 2. The number of rotatable bonds is 6. The molecule has 0 bridgehead atoms. The number of hydrogen-bond acceptors (Lipinski definition) is 5. The maximum Gasteiger partial charge on any atom is 0.255 e. The van der Waals surface area contributed by atoms with Crippen molar-refractivity contribution in [2.24, 2.45) is 0 Å². The molecule has 1 aliphatic rings. The van der Waals surface area contributed by atoms with Crippen LogP contribution < -0.4 is 24.3 Å². The fourth-order valence-corrected chi connectivity index (χ4v) is 2.74. The predicted molar refractivity (Wildman–Crippen MR) is 93.0 cm³/mol. The molecule has 6 nitrogen and oxygen atoms in total. The van der Waals surface area contributed by atoms with Gasteiger partial charge in [-0.25, -0.2) is 0 Å². The quantitative estimate of drug-likeness (QED) is 0.873. The molecule has 1 aliphatic heterocycles. The molecular formula is C19H21NO5. The molecule has 3 rings (SSSR count). The van der Waals surface area contributed by atoms with Crippen LogP contribution in [0.5, 0.6) is 23.0 Å². The van der Waals surface area contributed by atoms with Gasteiger partial charge in [0.1, 0.15) is 24.7 Å². The van der Waals surface area contributed by atoms with Crippen LogP contribution >= 0.6 is 0 Å². The number of hydrogen-bond donors (Lipinski definition) is 1. The van der Waals surface area contributed by atoms with Gasteiger partial charge in [-0.15, -0.1) is 0 Å². The summed E-state index contributed by atoms with van der Waals surface area (Å²) >= 11 is 0. The van der Waals surface area contributed by atoms with Crippen molar-refractivity contribution >= 4 is 5.91 Å². The van der Waals surface area contributed by atoms with E-state index in [1.807, 2.05) is 18.2 Å². The lowest BCUT2D eigenvalue weighted by molar-refractivity contribution is 0.0943. The summed E-state index contributed by atoms with van der Waals surface area (Å²) in [6.07, 6.45) is 0.624. The molecule has 0 unspecified atom stereocenters. The predicted octanol–water partition coefficient (Wildman–Crippen LogP) is 2.45. The van der Waals surface area contributed by atoms with Gasteiger partial charge in [0.15, 0.2) is 11.5 Å². The first kappa shape index (κ1) is 17.0. The van der Waals surface area contributed by atoms with Crippen molar-refractivity contribution in [3.05, 3.63) is 47.5 Å². The fraction of sp³-hybridized carbons (Fsp3) is 0.316. The van der Waals surface area contributed by atoms with Gasteiger partial charge in [-0.2, -0.15) is 0 Å². The van der Waals surface area contributed by atoms with Crippen LogP contribution in [-0.4, -0.2) is 39.9 Å². The van der Waals surface area contributed by atoms with E-state index in [2.05, 4.69) is 5.32 Å². The van der Waals surface area contributed by atoms with E-state index in [0.29, 0.717) is 43.2 Å². The Hall–Kier alpha value is -2.89. The second-order valence-electron chi connectivity index (χ2n) is 5.51. The van der Waals surface area contributed by atoms with E-state index in [1.54, 1.807) is 32.4 Å². The molecule has 0 saturated carbocycles. The molecule has 25 heavy (non-hydrogen) atoms. The van der Waals surface area contributed by atoms with Gasteiger partial charge in [0, 0.05) is 6.54 Å². The Morgan fingerprint density at radius 3 is 2.76 bits per heavy atom. The van der Waals surface area contributed by atoms with Gasteiger partial charge in [-0.3, -0.25) is 4.79 Å². The molecule has 0 atom stereocenters. The summed E-state index contributed by atoms with van der Waals surface area (Å²) in [7, 11) is 3.24. The SMILES string of the molecule is COc1ccc(OC)c(CCNC(=O)c2cccc3c2OCCO3)c1. The van der Waals surface area contributed by atoms with E-state index in [9.17, 15) is 4.79 Å². The van der Waals surface area contributed by atoms with E-state index in [-0.39, 0.29) is 5.91 Å². The third kappa shape index (κ3) is 3.79. The van der Waals surface area contributed by atoms with Crippen LogP contribution in [-0.2, 0) is 6.42 Å². The van der Waals surface area contributed by atoms with Crippen molar-refractivity contribution in [3.8, 4) is 23.0 Å². The topological polar surface area (TPSA) is 66.0 Å². The first-order valence-corrected chi connectivity index (χ1v) is 8.10. The Kier molecular flexibility index (Phi) is 5.28. The molecular weight excluding hydrogens is 322 g/mol. The molecule has 2 aromatic rings. The van der Waals surface area contributed by atoms with E-state index in [0.717, 1.165) is 17.1 Å². The van der Waals surface area contributed by atoms with E-state index >= 15 is 0 Å². The summed E-state index contributed by atoms with van der Waals surface area (Å²) in [6.45, 7) is 1.40. The molecule has 132 valence electrons. The standard InChI is InChI=1S/C19H21NO5/c1-22-14-6-7-16(23-2)13(12-14)8-9-20-19(21)15-4-3-5-17-18(15)25-11-10-24-17/h3-7,12H,8-11H2,1-2H3,(H,20,21). The lowest BCUT2D eigenvalue weighted by Gasteiger charge is -2.20. The van der Waals surface area contributed by atoms with Gasteiger partial charge < -0.3 is 24.3 Å². The minimum atomic E-state index is -0.191. The summed E-state index contributed by atoms with van der Waals surface area (Å²) in [5, 5.41) is 2.92. The smallest absolute Gasteiger partial charge is 0.255 e. The highest BCUT2D eigenvalue weighted by atomic mass is 16.6. The second kappa shape index (κ2) is 7.79. The van der Waals surface area contributed by atoms with Crippen LogP contribution in [0.25, 0.3) is 0 Å². The third-order valence-electron chi connectivity index (χ3n) is 3.98. The highest BCUT2D eigenvalue weighted by molar-refractivity contribution is 5.97. The number of ether oxygens (including phenoxy) is 4. The molecule has 0 radical (unpaired) electrons. The van der Waals surface area contributed by atoms with Gasteiger partial charge in [-0.1, -0.05) is 6.07 Å². The summed E-state index contributed by atoms with van der Waals surface area (Å²) in [5.74, 6) is 2.44. The minimum absolute atomic E-state index is 0.191. The average Bonchev–Trinajstić information content (AvgIpc) is 2.67. The zero-order valence-corrected chi connectivity index (χ0v) is 14.3. The highest BCUT2D eigenvalue weighted by Crippen LogP contribution is 2.33. The fourth-order valence-electron chi connectivity index (χ4n) is 2.74. The lowest BCUT2D eigenvalue weighted by atomic mass is 10.1. The maximum atomic E-state index is 12.5. The number of benzene rings is 2. The molecule has 1 heterocycles. The second-order valence-corrected chi connectivity index (χ2v) is 5.51. The van der Waals surface area contributed by atoms with Crippen molar-refractivity contribution in [2.75, 3.05) is 34.0 Å². The van der Waals surface area contributed by atoms with Crippen LogP contribution in [0.3, 0.4) is 0 Å². The largest absolute Gasteiger partial charge is 0.497 e.